The van der Waals surface area contributed by atoms with E-state index >= 15 is 0 Å². The standard InChI is InChI=1S/C14H19NO4/c1-14(17)10-15(7-8-18-11-14)13(16)19-9-12-5-3-2-4-6-12/h2-6,17H,7-11H2,1H3/t14-/m0/s1. The van der Waals surface area contributed by atoms with Gasteiger partial charge in [0.15, 0.2) is 0 Å². The zero-order valence-corrected chi connectivity index (χ0v) is 11.0. The number of carbonyl (C=O) groups excluding carboxylic acids is 1. The van der Waals surface area contributed by atoms with E-state index < -0.39 is 11.7 Å². The first-order chi connectivity index (χ1) is 9.07. The summed E-state index contributed by atoms with van der Waals surface area (Å²) in [7, 11) is 0. The summed E-state index contributed by atoms with van der Waals surface area (Å²) in [6.07, 6.45) is -0.422. The molecule has 1 heterocycles. The Labute approximate surface area is 112 Å². The molecule has 1 aliphatic heterocycles. The molecule has 0 aliphatic carbocycles. The quantitative estimate of drug-likeness (QED) is 0.878. The zero-order valence-electron chi connectivity index (χ0n) is 11.0. The molecule has 1 aromatic carbocycles. The van der Waals surface area contributed by atoms with Crippen LogP contribution in [0.4, 0.5) is 4.79 Å². The first kappa shape index (κ1) is 13.8. The van der Waals surface area contributed by atoms with Crippen molar-refractivity contribution >= 4 is 6.09 Å². The molecule has 0 aromatic heterocycles. The highest BCUT2D eigenvalue weighted by molar-refractivity contribution is 5.67. The van der Waals surface area contributed by atoms with Crippen molar-refractivity contribution in [2.45, 2.75) is 19.1 Å². The molecule has 0 unspecified atom stereocenters. The van der Waals surface area contributed by atoms with E-state index in [1.807, 2.05) is 30.3 Å². The molecular formula is C14H19NO4. The monoisotopic (exact) mass is 265 g/mol. The minimum Gasteiger partial charge on any atom is -0.445 e. The average Bonchev–Trinajstić information content (AvgIpc) is 2.58. The van der Waals surface area contributed by atoms with Crippen molar-refractivity contribution in [3.8, 4) is 0 Å². The minimum absolute atomic E-state index is 0.223. The molecule has 1 N–H and O–H groups in total. The smallest absolute Gasteiger partial charge is 0.410 e. The second-order valence-corrected chi connectivity index (χ2v) is 5.01. The normalized spacial score (nSPS) is 23.8. The van der Waals surface area contributed by atoms with Crippen LogP contribution < -0.4 is 0 Å². The highest BCUT2D eigenvalue weighted by Gasteiger charge is 2.30. The van der Waals surface area contributed by atoms with E-state index in [1.54, 1.807) is 6.92 Å². The lowest BCUT2D eigenvalue weighted by Gasteiger charge is -2.26. The Morgan fingerprint density at radius 1 is 1.47 bits per heavy atom. The van der Waals surface area contributed by atoms with Crippen molar-refractivity contribution in [2.75, 3.05) is 26.3 Å². The number of ether oxygens (including phenoxy) is 2. The van der Waals surface area contributed by atoms with Crippen LogP contribution in [0.15, 0.2) is 30.3 Å². The summed E-state index contributed by atoms with van der Waals surface area (Å²) < 4.78 is 10.5. The fourth-order valence-electron chi connectivity index (χ4n) is 1.97. The number of benzene rings is 1. The van der Waals surface area contributed by atoms with Crippen molar-refractivity contribution in [1.29, 1.82) is 0 Å². The third-order valence-corrected chi connectivity index (χ3v) is 2.91. The molecule has 1 aromatic rings. The van der Waals surface area contributed by atoms with E-state index in [2.05, 4.69) is 0 Å². The first-order valence-electron chi connectivity index (χ1n) is 6.33. The second-order valence-electron chi connectivity index (χ2n) is 5.01. The number of nitrogens with zero attached hydrogens (tertiary/aromatic N) is 1. The summed E-state index contributed by atoms with van der Waals surface area (Å²) in [6.45, 7) is 3.19. The molecular weight excluding hydrogens is 246 g/mol. The Balaban J connectivity index is 1.88. The summed E-state index contributed by atoms with van der Waals surface area (Å²) in [5.41, 5.74) is -0.0869. The van der Waals surface area contributed by atoms with E-state index in [0.29, 0.717) is 13.2 Å². The van der Waals surface area contributed by atoms with Crippen LogP contribution in [0.2, 0.25) is 0 Å². The highest BCUT2D eigenvalue weighted by atomic mass is 16.6. The third kappa shape index (κ3) is 4.22. The molecule has 0 radical (unpaired) electrons. The van der Waals surface area contributed by atoms with E-state index in [9.17, 15) is 9.90 Å². The van der Waals surface area contributed by atoms with Crippen molar-refractivity contribution in [3.63, 3.8) is 0 Å². The van der Waals surface area contributed by atoms with E-state index in [0.717, 1.165) is 5.56 Å². The molecule has 0 bridgehead atoms. The number of carbonyl (C=O) groups is 1. The van der Waals surface area contributed by atoms with Crippen molar-refractivity contribution in [3.05, 3.63) is 35.9 Å². The van der Waals surface area contributed by atoms with Gasteiger partial charge in [0.2, 0.25) is 0 Å². The van der Waals surface area contributed by atoms with E-state index in [4.69, 9.17) is 9.47 Å². The van der Waals surface area contributed by atoms with Gasteiger partial charge in [-0.1, -0.05) is 30.3 Å². The van der Waals surface area contributed by atoms with E-state index in [1.165, 1.54) is 4.90 Å². The molecule has 1 saturated heterocycles. The minimum atomic E-state index is -1.03. The summed E-state index contributed by atoms with van der Waals surface area (Å²) >= 11 is 0. The topological polar surface area (TPSA) is 59.0 Å². The van der Waals surface area contributed by atoms with Gasteiger partial charge in [0.05, 0.1) is 19.8 Å². The zero-order chi connectivity index (χ0) is 13.7. The van der Waals surface area contributed by atoms with Gasteiger partial charge < -0.3 is 19.5 Å². The van der Waals surface area contributed by atoms with Crippen LogP contribution in [-0.4, -0.2) is 48.0 Å². The maximum Gasteiger partial charge on any atom is 0.410 e. The van der Waals surface area contributed by atoms with E-state index in [-0.39, 0.29) is 19.8 Å². The molecule has 1 aliphatic rings. The lowest BCUT2D eigenvalue weighted by molar-refractivity contribution is -0.0222. The van der Waals surface area contributed by atoms with Gasteiger partial charge in [-0.3, -0.25) is 0 Å². The van der Waals surface area contributed by atoms with Gasteiger partial charge >= 0.3 is 6.09 Å². The van der Waals surface area contributed by atoms with Gasteiger partial charge in [-0.05, 0) is 12.5 Å². The molecule has 19 heavy (non-hydrogen) atoms. The Morgan fingerprint density at radius 2 is 2.21 bits per heavy atom. The molecule has 104 valence electrons. The number of rotatable bonds is 2. The third-order valence-electron chi connectivity index (χ3n) is 2.91. The molecule has 5 heteroatoms. The Morgan fingerprint density at radius 3 is 2.95 bits per heavy atom. The summed E-state index contributed by atoms with van der Waals surface area (Å²) in [5.74, 6) is 0. The lowest BCUT2D eigenvalue weighted by atomic mass is 10.1. The predicted octanol–water partition coefficient (Wildman–Crippen LogP) is 1.41. The molecule has 0 spiro atoms. The van der Waals surface area contributed by atoms with Gasteiger partial charge in [-0.15, -0.1) is 0 Å². The Bertz CT molecular complexity index is 419. The van der Waals surface area contributed by atoms with Gasteiger partial charge in [0.25, 0.3) is 0 Å². The van der Waals surface area contributed by atoms with Crippen LogP contribution >= 0.6 is 0 Å². The molecule has 5 nitrogen and oxygen atoms in total. The van der Waals surface area contributed by atoms with Crippen LogP contribution in [0.1, 0.15) is 12.5 Å². The van der Waals surface area contributed by atoms with Gasteiger partial charge in [0.1, 0.15) is 12.2 Å². The number of aliphatic hydroxyl groups is 1. The molecule has 0 saturated carbocycles. The van der Waals surface area contributed by atoms with Crippen molar-refractivity contribution < 1.29 is 19.4 Å². The maximum absolute atomic E-state index is 11.9. The number of hydrogen-bond donors (Lipinski definition) is 1. The van der Waals surface area contributed by atoms with Crippen LogP contribution in [-0.2, 0) is 16.1 Å². The molecule has 1 atom stereocenters. The van der Waals surface area contributed by atoms with Crippen molar-refractivity contribution in [2.24, 2.45) is 0 Å². The molecule has 1 fully saturated rings. The van der Waals surface area contributed by atoms with Crippen LogP contribution in [0, 0.1) is 0 Å². The SMILES string of the molecule is C[C@@]1(O)COCCN(C(=O)OCc2ccccc2)C1. The Kier molecular flexibility index (Phi) is 4.39. The van der Waals surface area contributed by atoms with Gasteiger partial charge in [0, 0.05) is 6.54 Å². The lowest BCUT2D eigenvalue weighted by Crippen LogP contribution is -2.44. The average molecular weight is 265 g/mol. The number of hydrogen-bond acceptors (Lipinski definition) is 4. The predicted molar refractivity (Wildman–Crippen MR) is 69.6 cm³/mol. The summed E-state index contributed by atoms with van der Waals surface area (Å²) in [6, 6.07) is 9.50. The van der Waals surface area contributed by atoms with Crippen LogP contribution in [0.25, 0.3) is 0 Å². The maximum atomic E-state index is 11.9. The summed E-state index contributed by atoms with van der Waals surface area (Å²) in [4.78, 5) is 13.4. The number of β-amino-alcohol motifs (C(OH)–C–C–N with tert-alkyl or cyclic N) is 1. The Hall–Kier alpha value is -1.59. The highest BCUT2D eigenvalue weighted by Crippen LogP contribution is 2.13. The fourth-order valence-corrected chi connectivity index (χ4v) is 1.97. The van der Waals surface area contributed by atoms with Gasteiger partial charge in [-0.25, -0.2) is 4.79 Å². The molecule has 1 amide bonds. The van der Waals surface area contributed by atoms with Crippen LogP contribution in [0.3, 0.4) is 0 Å². The largest absolute Gasteiger partial charge is 0.445 e. The molecule has 2 rings (SSSR count). The van der Waals surface area contributed by atoms with Gasteiger partial charge in [-0.2, -0.15) is 0 Å². The fraction of sp³-hybridized carbons (Fsp3) is 0.500. The second kappa shape index (κ2) is 6.04. The summed E-state index contributed by atoms with van der Waals surface area (Å²) in [5, 5.41) is 9.98. The van der Waals surface area contributed by atoms with Crippen LogP contribution in [0.5, 0.6) is 0 Å². The first-order valence-corrected chi connectivity index (χ1v) is 6.33. The van der Waals surface area contributed by atoms with Crippen molar-refractivity contribution in [1.82, 2.24) is 4.90 Å². The number of amides is 1.